The zero-order chi connectivity index (χ0) is 9.14. The molecule has 12 heavy (non-hydrogen) atoms. The lowest BCUT2D eigenvalue weighted by Gasteiger charge is -2.06. The van der Waals surface area contributed by atoms with Gasteiger partial charge < -0.3 is 0 Å². The Morgan fingerprint density at radius 3 is 2.67 bits per heavy atom. The summed E-state index contributed by atoms with van der Waals surface area (Å²) in [5.41, 5.74) is 1.54. The van der Waals surface area contributed by atoms with Crippen molar-refractivity contribution in [1.29, 1.82) is 0 Å². The predicted molar refractivity (Wildman–Crippen MR) is 43.3 cm³/mol. The maximum atomic E-state index is 12.3. The first-order valence-corrected chi connectivity index (χ1v) is 3.88. The quantitative estimate of drug-likeness (QED) is 0.666. The van der Waals surface area contributed by atoms with E-state index in [-0.39, 0.29) is 5.56 Å². The molecule has 0 bridgehead atoms. The number of pyridine rings is 1. The van der Waals surface area contributed by atoms with Crippen molar-refractivity contribution in [3.8, 4) is 0 Å². The van der Waals surface area contributed by atoms with Gasteiger partial charge in [0.25, 0.3) is 6.43 Å². The summed E-state index contributed by atoms with van der Waals surface area (Å²) < 4.78 is 24.6. The molecule has 0 fully saturated rings. The minimum absolute atomic E-state index is 0.0584. The number of halogens is 2. The minimum atomic E-state index is -2.41. The molecule has 0 saturated heterocycles. The molecule has 0 aliphatic carbocycles. The first-order chi connectivity index (χ1) is 5.65. The zero-order valence-corrected chi connectivity index (χ0v) is 7.14. The maximum absolute atomic E-state index is 12.3. The molecule has 0 radical (unpaired) electrons. The fourth-order valence-corrected chi connectivity index (χ4v) is 1.13. The molecule has 0 atom stereocenters. The molecule has 0 N–H and O–H groups in total. The Morgan fingerprint density at radius 2 is 2.17 bits per heavy atom. The van der Waals surface area contributed by atoms with Gasteiger partial charge in [-0.05, 0) is 25.0 Å². The van der Waals surface area contributed by atoms with Gasteiger partial charge in [0.1, 0.15) is 0 Å². The van der Waals surface area contributed by atoms with Crippen molar-refractivity contribution in [3.63, 3.8) is 0 Å². The lowest BCUT2D eigenvalue weighted by Crippen LogP contribution is -1.96. The summed E-state index contributed by atoms with van der Waals surface area (Å²) in [6, 6.07) is 1.71. The Labute approximate surface area is 70.4 Å². The summed E-state index contributed by atoms with van der Waals surface area (Å²) in [5, 5.41) is 0. The summed E-state index contributed by atoms with van der Waals surface area (Å²) >= 11 is 0. The van der Waals surface area contributed by atoms with Gasteiger partial charge in [-0.25, -0.2) is 8.78 Å². The van der Waals surface area contributed by atoms with Crippen LogP contribution in [-0.4, -0.2) is 4.98 Å². The predicted octanol–water partition coefficient (Wildman–Crippen LogP) is 2.89. The van der Waals surface area contributed by atoms with Crippen LogP contribution in [0.15, 0.2) is 12.3 Å². The second kappa shape index (κ2) is 3.61. The smallest absolute Gasteiger partial charge is 0.261 e. The second-order valence-corrected chi connectivity index (χ2v) is 2.68. The number of hydrogen-bond donors (Lipinski definition) is 0. The molecule has 0 unspecified atom stereocenters. The minimum Gasteiger partial charge on any atom is -0.261 e. The molecule has 1 nitrogen and oxygen atoms in total. The van der Waals surface area contributed by atoms with Crippen LogP contribution >= 0.6 is 0 Å². The molecule has 3 heteroatoms. The summed E-state index contributed by atoms with van der Waals surface area (Å²) in [6.45, 7) is 3.66. The van der Waals surface area contributed by atoms with Gasteiger partial charge in [0, 0.05) is 17.5 Å². The maximum Gasteiger partial charge on any atom is 0.265 e. The van der Waals surface area contributed by atoms with E-state index in [1.54, 1.807) is 13.0 Å². The summed E-state index contributed by atoms with van der Waals surface area (Å²) in [4.78, 5) is 3.83. The van der Waals surface area contributed by atoms with Crippen LogP contribution in [0.5, 0.6) is 0 Å². The molecule has 0 aliphatic heterocycles. The van der Waals surface area contributed by atoms with Crippen molar-refractivity contribution in [2.45, 2.75) is 26.7 Å². The summed E-state index contributed by atoms with van der Waals surface area (Å²) in [5.74, 6) is 0. The first-order valence-electron chi connectivity index (χ1n) is 3.88. The summed E-state index contributed by atoms with van der Waals surface area (Å²) in [6.07, 6.45) is -0.518. The van der Waals surface area contributed by atoms with E-state index in [1.807, 2.05) is 6.92 Å². The van der Waals surface area contributed by atoms with Crippen molar-refractivity contribution < 1.29 is 8.78 Å². The Balaban J connectivity index is 3.11. The third kappa shape index (κ3) is 1.78. The van der Waals surface area contributed by atoms with Gasteiger partial charge in [0.05, 0.1) is 0 Å². The Bertz CT molecular complexity index is 271. The van der Waals surface area contributed by atoms with Crippen LogP contribution in [0.1, 0.15) is 30.2 Å². The van der Waals surface area contributed by atoms with E-state index < -0.39 is 6.43 Å². The lowest BCUT2D eigenvalue weighted by atomic mass is 10.1. The van der Waals surface area contributed by atoms with Crippen molar-refractivity contribution in [1.82, 2.24) is 4.98 Å². The number of aromatic nitrogens is 1. The van der Waals surface area contributed by atoms with Crippen LogP contribution < -0.4 is 0 Å². The first kappa shape index (κ1) is 9.10. The van der Waals surface area contributed by atoms with Crippen molar-refractivity contribution in [2.24, 2.45) is 0 Å². The van der Waals surface area contributed by atoms with Crippen LogP contribution in [-0.2, 0) is 6.42 Å². The number of rotatable bonds is 2. The molecule has 1 aromatic rings. The molecule has 1 aromatic heterocycles. The van der Waals surface area contributed by atoms with E-state index in [2.05, 4.69) is 4.98 Å². The van der Waals surface area contributed by atoms with E-state index >= 15 is 0 Å². The molecule has 1 heterocycles. The van der Waals surface area contributed by atoms with E-state index in [9.17, 15) is 8.78 Å². The molecule has 0 saturated carbocycles. The normalized spacial score (nSPS) is 10.8. The second-order valence-electron chi connectivity index (χ2n) is 2.68. The lowest BCUT2D eigenvalue weighted by molar-refractivity contribution is 0.150. The van der Waals surface area contributed by atoms with Crippen LogP contribution in [0.4, 0.5) is 8.78 Å². The van der Waals surface area contributed by atoms with Crippen molar-refractivity contribution in [3.05, 3.63) is 29.1 Å². The Hall–Kier alpha value is -0.990. The average Bonchev–Trinajstić information content (AvgIpc) is 2.03. The van der Waals surface area contributed by atoms with Gasteiger partial charge in [-0.15, -0.1) is 0 Å². The van der Waals surface area contributed by atoms with Crippen molar-refractivity contribution in [2.75, 3.05) is 0 Å². The Kier molecular flexibility index (Phi) is 2.74. The summed E-state index contributed by atoms with van der Waals surface area (Å²) in [7, 11) is 0. The number of nitrogens with zero attached hydrogens (tertiary/aromatic N) is 1. The van der Waals surface area contributed by atoms with Crippen LogP contribution in [0, 0.1) is 6.92 Å². The number of alkyl halides is 2. The highest BCUT2D eigenvalue weighted by molar-refractivity contribution is 5.27. The third-order valence-electron chi connectivity index (χ3n) is 1.78. The van der Waals surface area contributed by atoms with Crippen molar-refractivity contribution >= 4 is 0 Å². The number of aryl methyl sites for hydroxylation is 2. The molecule has 0 aromatic carbocycles. The fraction of sp³-hybridized carbons (Fsp3) is 0.444. The van der Waals surface area contributed by atoms with Gasteiger partial charge in [0.15, 0.2) is 0 Å². The number of hydrogen-bond acceptors (Lipinski definition) is 1. The van der Waals surface area contributed by atoms with Gasteiger partial charge >= 0.3 is 0 Å². The largest absolute Gasteiger partial charge is 0.265 e. The molecule has 66 valence electrons. The molecule has 1 rings (SSSR count). The average molecular weight is 171 g/mol. The van der Waals surface area contributed by atoms with E-state index in [4.69, 9.17) is 0 Å². The standard InChI is InChI=1S/C9H11F2N/c1-3-7-4-6(2)12-5-8(7)9(10)11/h4-5,9H,3H2,1-2H3. The third-order valence-corrected chi connectivity index (χ3v) is 1.78. The molecular weight excluding hydrogens is 160 g/mol. The van der Waals surface area contributed by atoms with Gasteiger partial charge in [-0.3, -0.25) is 4.98 Å². The highest BCUT2D eigenvalue weighted by atomic mass is 19.3. The monoisotopic (exact) mass is 171 g/mol. The molecular formula is C9H11F2N. The van der Waals surface area contributed by atoms with E-state index in [1.165, 1.54) is 6.20 Å². The van der Waals surface area contributed by atoms with Crippen LogP contribution in [0.25, 0.3) is 0 Å². The Morgan fingerprint density at radius 1 is 1.50 bits per heavy atom. The highest BCUT2D eigenvalue weighted by Gasteiger charge is 2.11. The van der Waals surface area contributed by atoms with E-state index in [0.29, 0.717) is 12.0 Å². The van der Waals surface area contributed by atoms with Crippen LogP contribution in [0.3, 0.4) is 0 Å². The topological polar surface area (TPSA) is 12.9 Å². The molecule has 0 aliphatic rings. The molecule has 0 amide bonds. The zero-order valence-electron chi connectivity index (χ0n) is 7.14. The van der Waals surface area contributed by atoms with Gasteiger partial charge in [-0.2, -0.15) is 0 Å². The van der Waals surface area contributed by atoms with E-state index in [0.717, 1.165) is 5.69 Å². The molecule has 0 spiro atoms. The SMILES string of the molecule is CCc1cc(C)ncc1C(F)F. The van der Waals surface area contributed by atoms with Gasteiger partial charge in [-0.1, -0.05) is 6.92 Å². The van der Waals surface area contributed by atoms with Crippen LogP contribution in [0.2, 0.25) is 0 Å². The van der Waals surface area contributed by atoms with Gasteiger partial charge in [0.2, 0.25) is 0 Å². The highest BCUT2D eigenvalue weighted by Crippen LogP contribution is 2.22. The fourth-order valence-electron chi connectivity index (χ4n) is 1.13.